The van der Waals surface area contributed by atoms with Gasteiger partial charge in [0.2, 0.25) is 11.8 Å². The summed E-state index contributed by atoms with van der Waals surface area (Å²) in [6.45, 7) is 2.01. The van der Waals surface area contributed by atoms with E-state index in [0.29, 0.717) is 17.7 Å². The Morgan fingerprint density at radius 1 is 0.971 bits per heavy atom. The van der Waals surface area contributed by atoms with E-state index in [-0.39, 0.29) is 30.2 Å². The van der Waals surface area contributed by atoms with Crippen molar-refractivity contribution in [3.8, 4) is 0 Å². The van der Waals surface area contributed by atoms with Gasteiger partial charge in [-0.1, -0.05) is 35.9 Å². The van der Waals surface area contributed by atoms with Gasteiger partial charge >= 0.3 is 0 Å². The Labute approximate surface area is 203 Å². The van der Waals surface area contributed by atoms with Crippen molar-refractivity contribution in [1.82, 2.24) is 5.32 Å². The Kier molecular flexibility index (Phi) is 6.20. The Morgan fingerprint density at radius 2 is 1.74 bits per heavy atom. The number of anilines is 2. The summed E-state index contributed by atoms with van der Waals surface area (Å²) in [7, 11) is 0. The number of para-hydroxylation sites is 1. The topological polar surface area (TPSA) is 78.5 Å². The minimum Gasteiger partial charge on any atom is -0.349 e. The van der Waals surface area contributed by atoms with Crippen LogP contribution in [0.5, 0.6) is 0 Å². The molecular weight excluding hydrogens is 446 g/mol. The Hall–Kier alpha value is -3.45. The molecule has 1 saturated carbocycles. The first-order chi connectivity index (χ1) is 16.5. The number of aryl methyl sites for hydroxylation is 1. The fraction of sp³-hybridized carbons (Fsp3) is 0.296. The second-order valence-corrected chi connectivity index (χ2v) is 9.97. The maximum atomic E-state index is 13.6. The van der Waals surface area contributed by atoms with Gasteiger partial charge in [0.05, 0.1) is 23.2 Å². The minimum atomic E-state index is -0.447. The summed E-state index contributed by atoms with van der Waals surface area (Å²) in [5.74, 6) is -0.796. The molecule has 1 saturated heterocycles. The lowest BCUT2D eigenvalue weighted by atomic mass is 9.86. The number of benzene rings is 2. The minimum absolute atomic E-state index is 0.00974. The van der Waals surface area contributed by atoms with Crippen molar-refractivity contribution in [3.63, 3.8) is 0 Å². The summed E-state index contributed by atoms with van der Waals surface area (Å²) in [6, 6.07) is 18.7. The normalized spacial score (nSPS) is 20.1. The molecule has 0 spiro atoms. The molecule has 174 valence electrons. The van der Waals surface area contributed by atoms with Crippen LogP contribution in [0.25, 0.3) is 0 Å². The smallest absolute Gasteiger partial charge is 0.253 e. The number of carbonyl (C=O) groups excluding carboxylic acids is 3. The van der Waals surface area contributed by atoms with Crippen LogP contribution in [0.2, 0.25) is 0 Å². The molecule has 1 aromatic heterocycles. The molecule has 2 N–H and O–H groups in total. The zero-order chi connectivity index (χ0) is 23.7. The van der Waals surface area contributed by atoms with E-state index in [1.54, 1.807) is 34.4 Å². The summed E-state index contributed by atoms with van der Waals surface area (Å²) in [5, 5.41) is 7.97. The molecule has 0 bridgehead atoms. The highest BCUT2D eigenvalue weighted by atomic mass is 32.1. The van der Waals surface area contributed by atoms with E-state index in [1.807, 2.05) is 54.8 Å². The Balaban J connectivity index is 1.45. The molecule has 6 nitrogen and oxygen atoms in total. The van der Waals surface area contributed by atoms with Crippen molar-refractivity contribution in [3.05, 3.63) is 82.0 Å². The molecule has 2 fully saturated rings. The molecule has 0 unspecified atom stereocenters. The molecule has 2 heterocycles. The predicted molar refractivity (Wildman–Crippen MR) is 134 cm³/mol. The first kappa shape index (κ1) is 22.3. The average molecular weight is 474 g/mol. The lowest BCUT2D eigenvalue weighted by molar-refractivity contribution is -0.125. The van der Waals surface area contributed by atoms with Gasteiger partial charge in [-0.25, -0.2) is 0 Å². The van der Waals surface area contributed by atoms with Crippen LogP contribution in [0, 0.1) is 12.8 Å². The van der Waals surface area contributed by atoms with E-state index >= 15 is 0 Å². The quantitative estimate of drug-likeness (QED) is 0.525. The molecule has 0 radical (unpaired) electrons. The Bertz CT molecular complexity index is 1200. The fourth-order valence-corrected chi connectivity index (χ4v) is 5.35. The third kappa shape index (κ3) is 4.61. The largest absolute Gasteiger partial charge is 0.349 e. The number of carbonyl (C=O) groups is 3. The van der Waals surface area contributed by atoms with Gasteiger partial charge in [-0.3, -0.25) is 14.4 Å². The van der Waals surface area contributed by atoms with Crippen LogP contribution in [-0.4, -0.2) is 23.8 Å². The summed E-state index contributed by atoms with van der Waals surface area (Å²) in [5.41, 5.74) is 2.85. The van der Waals surface area contributed by atoms with Gasteiger partial charge in [0, 0.05) is 23.0 Å². The SMILES string of the molecule is Cc1ccc(N2C(=O)CC[C@@H](C(=O)Nc3ccccc3C(=O)NC3CC3)[C@H]2c2cccs2)cc1. The van der Waals surface area contributed by atoms with Crippen molar-refractivity contribution in [1.29, 1.82) is 0 Å². The van der Waals surface area contributed by atoms with Gasteiger partial charge in [-0.05, 0) is 61.9 Å². The molecule has 3 aromatic rings. The van der Waals surface area contributed by atoms with Crippen LogP contribution in [0.15, 0.2) is 66.0 Å². The van der Waals surface area contributed by atoms with E-state index in [1.165, 1.54) is 0 Å². The van der Waals surface area contributed by atoms with Crippen LogP contribution < -0.4 is 15.5 Å². The lowest BCUT2D eigenvalue weighted by Gasteiger charge is -2.40. The number of amides is 3. The first-order valence-electron chi connectivity index (χ1n) is 11.6. The molecule has 7 heteroatoms. The van der Waals surface area contributed by atoms with Gasteiger partial charge in [0.15, 0.2) is 0 Å². The fourth-order valence-electron chi connectivity index (χ4n) is 4.47. The number of nitrogens with zero attached hydrogens (tertiary/aromatic N) is 1. The number of thiophene rings is 1. The van der Waals surface area contributed by atoms with Crippen molar-refractivity contribution >= 4 is 40.4 Å². The molecular formula is C27H27N3O3S. The van der Waals surface area contributed by atoms with Crippen molar-refractivity contribution in [2.24, 2.45) is 5.92 Å². The van der Waals surface area contributed by atoms with Gasteiger partial charge in [-0.15, -0.1) is 11.3 Å². The number of hydrogen-bond acceptors (Lipinski definition) is 4. The summed E-state index contributed by atoms with van der Waals surface area (Å²) in [6.07, 6.45) is 2.73. The van der Waals surface area contributed by atoms with Gasteiger partial charge in [-0.2, -0.15) is 0 Å². The summed E-state index contributed by atoms with van der Waals surface area (Å²) < 4.78 is 0. The van der Waals surface area contributed by atoms with Crippen LogP contribution in [0.3, 0.4) is 0 Å². The summed E-state index contributed by atoms with van der Waals surface area (Å²) >= 11 is 1.54. The highest BCUT2D eigenvalue weighted by molar-refractivity contribution is 7.10. The Morgan fingerprint density at radius 3 is 2.44 bits per heavy atom. The van der Waals surface area contributed by atoms with Crippen molar-refractivity contribution in [2.45, 2.75) is 44.7 Å². The van der Waals surface area contributed by atoms with E-state index in [9.17, 15) is 14.4 Å². The molecule has 2 aromatic carbocycles. The van der Waals surface area contributed by atoms with Crippen LogP contribution in [0.4, 0.5) is 11.4 Å². The van der Waals surface area contributed by atoms with Crippen LogP contribution >= 0.6 is 11.3 Å². The van der Waals surface area contributed by atoms with Gasteiger partial charge < -0.3 is 15.5 Å². The van der Waals surface area contributed by atoms with E-state index in [2.05, 4.69) is 10.6 Å². The highest BCUT2D eigenvalue weighted by Gasteiger charge is 2.42. The third-order valence-electron chi connectivity index (χ3n) is 6.42. The average Bonchev–Trinajstić information content (AvgIpc) is 3.48. The summed E-state index contributed by atoms with van der Waals surface area (Å²) in [4.78, 5) is 42.2. The predicted octanol–water partition coefficient (Wildman–Crippen LogP) is 5.07. The van der Waals surface area contributed by atoms with Crippen molar-refractivity contribution < 1.29 is 14.4 Å². The zero-order valence-corrected chi connectivity index (χ0v) is 19.8. The number of rotatable bonds is 6. The number of piperidine rings is 1. The highest BCUT2D eigenvalue weighted by Crippen LogP contribution is 2.42. The van der Waals surface area contributed by atoms with Crippen LogP contribution in [-0.2, 0) is 9.59 Å². The number of nitrogens with one attached hydrogen (secondary N) is 2. The second kappa shape index (κ2) is 9.43. The second-order valence-electron chi connectivity index (χ2n) is 8.99. The standard InChI is InChI=1S/C27H27N3O3S/c1-17-8-12-19(13-9-17)30-24(31)15-14-21(25(30)23-7-4-16-34-23)27(33)29-22-6-3-2-5-20(22)26(32)28-18-10-11-18/h2-9,12-13,16,18,21,25H,10-11,14-15H2,1H3,(H,28,32)(H,29,33)/t21-,25+/m1/s1. The lowest BCUT2D eigenvalue weighted by Crippen LogP contribution is -2.46. The zero-order valence-electron chi connectivity index (χ0n) is 19.0. The monoisotopic (exact) mass is 473 g/mol. The van der Waals surface area contributed by atoms with Crippen LogP contribution in [0.1, 0.15) is 52.5 Å². The van der Waals surface area contributed by atoms with E-state index in [4.69, 9.17) is 0 Å². The molecule has 2 aliphatic rings. The molecule has 5 rings (SSSR count). The van der Waals surface area contributed by atoms with Gasteiger partial charge in [0.1, 0.15) is 0 Å². The number of hydrogen-bond donors (Lipinski definition) is 2. The van der Waals surface area contributed by atoms with E-state index < -0.39 is 12.0 Å². The van der Waals surface area contributed by atoms with Gasteiger partial charge in [0.25, 0.3) is 5.91 Å². The van der Waals surface area contributed by atoms with Crippen molar-refractivity contribution in [2.75, 3.05) is 10.2 Å². The first-order valence-corrected chi connectivity index (χ1v) is 12.5. The molecule has 1 aliphatic carbocycles. The molecule has 3 amide bonds. The third-order valence-corrected chi connectivity index (χ3v) is 7.37. The maximum Gasteiger partial charge on any atom is 0.253 e. The maximum absolute atomic E-state index is 13.6. The molecule has 2 atom stereocenters. The molecule has 34 heavy (non-hydrogen) atoms. The van der Waals surface area contributed by atoms with E-state index in [0.717, 1.165) is 29.0 Å². The molecule has 1 aliphatic heterocycles.